The summed E-state index contributed by atoms with van der Waals surface area (Å²) in [6, 6.07) is 10.5. The van der Waals surface area contributed by atoms with Crippen LogP contribution in [0, 0.1) is 24.0 Å². The summed E-state index contributed by atoms with van der Waals surface area (Å²) in [5.74, 6) is -0.423. The first-order valence-corrected chi connectivity index (χ1v) is 9.62. The number of esters is 1. The van der Waals surface area contributed by atoms with Gasteiger partial charge in [-0.15, -0.1) is 0 Å². The van der Waals surface area contributed by atoms with Gasteiger partial charge in [-0.1, -0.05) is 35.1 Å². The summed E-state index contributed by atoms with van der Waals surface area (Å²) >= 11 is 7.24. The van der Waals surface area contributed by atoms with Crippen molar-refractivity contribution in [3.05, 3.63) is 73.2 Å². The molecule has 3 rings (SSSR count). The molecule has 1 heterocycles. The number of thiazole rings is 1. The zero-order valence-electron chi connectivity index (χ0n) is 15.5. The molecule has 0 spiro atoms. The number of carbonyl (C=O) groups is 1. The third kappa shape index (κ3) is 4.37. The molecule has 0 saturated heterocycles. The number of hydrogen-bond donors (Lipinski definition) is 0. The van der Waals surface area contributed by atoms with Crippen LogP contribution in [0.4, 0.5) is 5.69 Å². The van der Waals surface area contributed by atoms with Crippen LogP contribution in [0.15, 0.2) is 36.4 Å². The van der Waals surface area contributed by atoms with Crippen molar-refractivity contribution in [2.75, 3.05) is 0 Å². The molecule has 0 aliphatic carbocycles. The number of aryl methyl sites for hydroxylation is 2. The Bertz CT molecular complexity index is 1060. The number of rotatable bonds is 5. The van der Waals surface area contributed by atoms with E-state index in [0.29, 0.717) is 27.8 Å². The van der Waals surface area contributed by atoms with Crippen molar-refractivity contribution < 1.29 is 14.5 Å². The highest BCUT2D eigenvalue weighted by molar-refractivity contribution is 7.14. The highest BCUT2D eigenvalue weighted by Crippen LogP contribution is 2.37. The number of benzene rings is 2. The summed E-state index contributed by atoms with van der Waals surface area (Å²) in [6.07, 6.45) is 0.483. The maximum Gasteiger partial charge on any atom is 0.308 e. The molecule has 0 fully saturated rings. The first-order chi connectivity index (χ1) is 13.2. The Kier molecular flexibility index (Phi) is 5.76. The van der Waals surface area contributed by atoms with Crippen molar-refractivity contribution in [3.8, 4) is 16.3 Å². The summed E-state index contributed by atoms with van der Waals surface area (Å²) in [5, 5.41) is 12.9. The van der Waals surface area contributed by atoms with Gasteiger partial charge in [0.05, 0.1) is 4.92 Å². The third-order valence-electron chi connectivity index (χ3n) is 4.19. The minimum atomic E-state index is -0.423. The van der Waals surface area contributed by atoms with Gasteiger partial charge in [0.15, 0.2) is 0 Å². The summed E-state index contributed by atoms with van der Waals surface area (Å²) in [6.45, 7) is 4.89. The fourth-order valence-corrected chi connectivity index (χ4v) is 3.95. The molecule has 0 radical (unpaired) electrons. The quantitative estimate of drug-likeness (QED) is 0.311. The molecule has 0 aliphatic rings. The number of nitro benzene ring substituents is 1. The number of nitro groups is 1. The molecular formula is C20H17ClN2O4S. The Morgan fingerprint density at radius 1 is 1.21 bits per heavy atom. The average Bonchev–Trinajstić information content (AvgIpc) is 2.99. The largest absolute Gasteiger partial charge is 0.413 e. The van der Waals surface area contributed by atoms with Crippen LogP contribution >= 0.6 is 22.9 Å². The molecule has 0 bridgehead atoms. The molecule has 28 heavy (non-hydrogen) atoms. The summed E-state index contributed by atoms with van der Waals surface area (Å²) < 4.78 is 5.35. The van der Waals surface area contributed by atoms with Gasteiger partial charge in [0.1, 0.15) is 10.7 Å². The molecule has 0 atom stereocenters. The van der Waals surface area contributed by atoms with Gasteiger partial charge in [0.2, 0.25) is 5.06 Å². The van der Waals surface area contributed by atoms with Gasteiger partial charge in [0.25, 0.3) is 5.69 Å². The van der Waals surface area contributed by atoms with Gasteiger partial charge in [-0.25, -0.2) is 4.98 Å². The molecule has 1 aromatic heterocycles. The second-order valence-electron chi connectivity index (χ2n) is 6.34. The Labute approximate surface area is 170 Å². The number of aromatic nitrogens is 1. The SMILES string of the molecule is CC(=O)Oc1sc(Cc2cc(C)c([N+](=O)[O-])cc2C)nc1-c1ccc(Cl)cc1. The van der Waals surface area contributed by atoms with Crippen molar-refractivity contribution in [2.24, 2.45) is 0 Å². The molecule has 0 N–H and O–H groups in total. The topological polar surface area (TPSA) is 82.3 Å². The van der Waals surface area contributed by atoms with Crippen LogP contribution in [0.2, 0.25) is 5.02 Å². The molecule has 0 unspecified atom stereocenters. The fraction of sp³-hybridized carbons (Fsp3) is 0.200. The van der Waals surface area contributed by atoms with Crippen molar-refractivity contribution in [1.82, 2.24) is 4.98 Å². The summed E-state index contributed by atoms with van der Waals surface area (Å²) in [4.78, 5) is 26.9. The normalized spacial score (nSPS) is 10.7. The summed E-state index contributed by atoms with van der Waals surface area (Å²) in [5.41, 5.74) is 3.81. The third-order valence-corrected chi connectivity index (χ3v) is 5.37. The molecule has 8 heteroatoms. The Morgan fingerprint density at radius 3 is 2.50 bits per heavy atom. The van der Waals surface area contributed by atoms with Crippen molar-refractivity contribution >= 4 is 34.6 Å². The Morgan fingerprint density at radius 2 is 1.89 bits per heavy atom. The maximum atomic E-state index is 11.5. The van der Waals surface area contributed by atoms with E-state index in [0.717, 1.165) is 21.7 Å². The molecule has 3 aromatic rings. The van der Waals surface area contributed by atoms with Crippen molar-refractivity contribution in [2.45, 2.75) is 27.2 Å². The molecule has 0 saturated carbocycles. The van der Waals surface area contributed by atoms with Crippen LogP contribution in [-0.2, 0) is 11.2 Å². The lowest BCUT2D eigenvalue weighted by Crippen LogP contribution is -2.00. The van der Waals surface area contributed by atoms with Gasteiger partial charge >= 0.3 is 5.97 Å². The minimum Gasteiger partial charge on any atom is -0.413 e. The van der Waals surface area contributed by atoms with Gasteiger partial charge in [-0.05, 0) is 43.2 Å². The van der Waals surface area contributed by atoms with E-state index in [2.05, 4.69) is 4.98 Å². The lowest BCUT2D eigenvalue weighted by Gasteiger charge is -2.06. The second-order valence-corrected chi connectivity index (χ2v) is 7.83. The zero-order chi connectivity index (χ0) is 20.4. The van der Waals surface area contributed by atoms with E-state index in [-0.39, 0.29) is 10.6 Å². The van der Waals surface area contributed by atoms with E-state index in [1.807, 2.05) is 25.1 Å². The maximum absolute atomic E-state index is 11.5. The lowest BCUT2D eigenvalue weighted by atomic mass is 10.0. The number of nitrogens with zero attached hydrogens (tertiary/aromatic N) is 2. The lowest BCUT2D eigenvalue weighted by molar-refractivity contribution is -0.385. The standard InChI is InChI=1S/C20H17ClN2O4S/c1-11-9-17(23(25)26)12(2)8-15(11)10-18-22-19(20(28-18)27-13(3)24)14-4-6-16(21)7-5-14/h4-9H,10H2,1-3H3. The first-order valence-electron chi connectivity index (χ1n) is 8.43. The highest BCUT2D eigenvalue weighted by Gasteiger charge is 2.19. The van der Waals surface area contributed by atoms with E-state index < -0.39 is 5.97 Å². The smallest absolute Gasteiger partial charge is 0.308 e. The Balaban J connectivity index is 1.99. The van der Waals surface area contributed by atoms with Crippen molar-refractivity contribution in [1.29, 1.82) is 0 Å². The number of hydrogen-bond acceptors (Lipinski definition) is 6. The van der Waals surface area contributed by atoms with E-state index in [9.17, 15) is 14.9 Å². The first kappa shape index (κ1) is 20.0. The van der Waals surface area contributed by atoms with Crippen LogP contribution in [0.25, 0.3) is 11.3 Å². The van der Waals surface area contributed by atoms with Gasteiger partial charge in [-0.2, -0.15) is 0 Å². The predicted molar refractivity (Wildman–Crippen MR) is 109 cm³/mol. The zero-order valence-corrected chi connectivity index (χ0v) is 17.1. The average molecular weight is 417 g/mol. The molecular weight excluding hydrogens is 400 g/mol. The number of ether oxygens (including phenoxy) is 1. The summed E-state index contributed by atoms with van der Waals surface area (Å²) in [7, 11) is 0. The van der Waals surface area contributed by atoms with Crippen LogP contribution in [0.1, 0.15) is 28.6 Å². The molecule has 2 aromatic carbocycles. The van der Waals surface area contributed by atoms with E-state index in [1.165, 1.54) is 18.3 Å². The van der Waals surface area contributed by atoms with Gasteiger partial charge < -0.3 is 4.74 Å². The minimum absolute atomic E-state index is 0.0999. The second kappa shape index (κ2) is 8.08. The monoisotopic (exact) mass is 416 g/mol. The van der Waals surface area contributed by atoms with Crippen LogP contribution in [0.3, 0.4) is 0 Å². The molecule has 144 valence electrons. The van der Waals surface area contributed by atoms with Crippen LogP contribution in [-0.4, -0.2) is 15.9 Å². The number of halogens is 1. The number of carbonyl (C=O) groups excluding carboxylic acids is 1. The van der Waals surface area contributed by atoms with E-state index in [4.69, 9.17) is 16.3 Å². The molecule has 0 amide bonds. The molecule has 0 aliphatic heterocycles. The van der Waals surface area contributed by atoms with E-state index >= 15 is 0 Å². The molecule has 6 nitrogen and oxygen atoms in total. The predicted octanol–water partition coefficient (Wildman–Crippen LogP) is 5.50. The van der Waals surface area contributed by atoms with Gasteiger partial charge in [-0.3, -0.25) is 14.9 Å². The Hall–Kier alpha value is -2.77. The highest BCUT2D eigenvalue weighted by atomic mass is 35.5. The van der Waals surface area contributed by atoms with Gasteiger partial charge in [0, 0.05) is 35.6 Å². The van der Waals surface area contributed by atoms with Crippen molar-refractivity contribution in [3.63, 3.8) is 0 Å². The van der Waals surface area contributed by atoms with Crippen LogP contribution in [0.5, 0.6) is 5.06 Å². The van der Waals surface area contributed by atoms with E-state index in [1.54, 1.807) is 25.1 Å². The van der Waals surface area contributed by atoms with Crippen LogP contribution < -0.4 is 4.74 Å². The fourth-order valence-electron chi connectivity index (χ4n) is 2.82.